The molecule has 2 heterocycles. The van der Waals surface area contributed by atoms with Gasteiger partial charge in [-0.2, -0.15) is 0 Å². The van der Waals surface area contributed by atoms with E-state index in [1.807, 2.05) is 24.3 Å². The lowest BCUT2D eigenvalue weighted by atomic mass is 10.2. The van der Waals surface area contributed by atoms with E-state index in [-0.39, 0.29) is 5.91 Å². The number of amides is 1. The lowest BCUT2D eigenvalue weighted by Crippen LogP contribution is -2.44. The van der Waals surface area contributed by atoms with Crippen LogP contribution >= 0.6 is 22.9 Å². The van der Waals surface area contributed by atoms with Crippen molar-refractivity contribution in [3.8, 4) is 10.6 Å². The van der Waals surface area contributed by atoms with Crippen LogP contribution in [0.25, 0.3) is 10.6 Å². The van der Waals surface area contributed by atoms with Crippen molar-refractivity contribution < 1.29 is 4.79 Å². The molecule has 1 saturated heterocycles. The highest BCUT2D eigenvalue weighted by Crippen LogP contribution is 2.25. The average molecular weight is 365 g/mol. The molecule has 3 rings (SSSR count). The Balaban J connectivity index is 1.47. The summed E-state index contributed by atoms with van der Waals surface area (Å²) in [7, 11) is 0. The molecule has 128 valence electrons. The van der Waals surface area contributed by atoms with E-state index in [9.17, 15) is 4.79 Å². The molecule has 1 aliphatic heterocycles. The van der Waals surface area contributed by atoms with Crippen LogP contribution in [0.15, 0.2) is 29.6 Å². The second-order valence-corrected chi connectivity index (χ2v) is 7.04. The first-order valence-electron chi connectivity index (χ1n) is 8.15. The van der Waals surface area contributed by atoms with Crippen molar-refractivity contribution in [1.82, 2.24) is 20.5 Å². The molecule has 0 spiro atoms. The molecule has 0 atom stereocenters. The third-order valence-electron chi connectivity index (χ3n) is 3.95. The number of thiazole rings is 1. The summed E-state index contributed by atoms with van der Waals surface area (Å²) in [6.07, 6.45) is 0.955. The Morgan fingerprint density at radius 2 is 2.21 bits per heavy atom. The molecule has 1 amide bonds. The van der Waals surface area contributed by atoms with Crippen molar-refractivity contribution >= 4 is 28.8 Å². The van der Waals surface area contributed by atoms with Crippen LogP contribution in [-0.4, -0.2) is 55.1 Å². The van der Waals surface area contributed by atoms with Crippen LogP contribution in [0.3, 0.4) is 0 Å². The molecular formula is C17H21ClN4OS. The third-order valence-corrected chi connectivity index (χ3v) is 5.08. The minimum Gasteiger partial charge on any atom is -0.351 e. The first-order valence-corrected chi connectivity index (χ1v) is 9.41. The van der Waals surface area contributed by atoms with Gasteiger partial charge in [0, 0.05) is 48.7 Å². The van der Waals surface area contributed by atoms with Crippen LogP contribution in [0.4, 0.5) is 0 Å². The van der Waals surface area contributed by atoms with Gasteiger partial charge >= 0.3 is 0 Å². The van der Waals surface area contributed by atoms with Gasteiger partial charge in [0.25, 0.3) is 5.91 Å². The topological polar surface area (TPSA) is 57.3 Å². The fraction of sp³-hybridized carbons (Fsp3) is 0.412. The Morgan fingerprint density at radius 3 is 3.00 bits per heavy atom. The van der Waals surface area contributed by atoms with Gasteiger partial charge in [-0.05, 0) is 25.1 Å². The summed E-state index contributed by atoms with van der Waals surface area (Å²) in [5.41, 5.74) is 1.41. The zero-order valence-corrected chi connectivity index (χ0v) is 15.0. The second-order valence-electron chi connectivity index (χ2n) is 5.75. The van der Waals surface area contributed by atoms with E-state index in [2.05, 4.69) is 20.5 Å². The Morgan fingerprint density at radius 1 is 1.38 bits per heavy atom. The summed E-state index contributed by atoms with van der Waals surface area (Å²) in [5, 5.41) is 9.56. The Labute approximate surface area is 151 Å². The fourth-order valence-electron chi connectivity index (χ4n) is 2.66. The fourth-order valence-corrected chi connectivity index (χ4v) is 3.65. The molecule has 1 fully saturated rings. The van der Waals surface area contributed by atoms with E-state index in [0.29, 0.717) is 17.3 Å². The number of piperazine rings is 1. The molecular weight excluding hydrogens is 344 g/mol. The Hall–Kier alpha value is -1.47. The lowest BCUT2D eigenvalue weighted by Gasteiger charge is -2.26. The van der Waals surface area contributed by atoms with E-state index in [1.165, 1.54) is 11.3 Å². The van der Waals surface area contributed by atoms with Crippen molar-refractivity contribution in [2.24, 2.45) is 0 Å². The van der Waals surface area contributed by atoms with Crippen LogP contribution in [-0.2, 0) is 0 Å². The molecule has 0 aliphatic carbocycles. The summed E-state index contributed by atoms with van der Waals surface area (Å²) < 4.78 is 0. The van der Waals surface area contributed by atoms with Gasteiger partial charge in [-0.1, -0.05) is 23.7 Å². The second kappa shape index (κ2) is 8.58. The van der Waals surface area contributed by atoms with Crippen LogP contribution in [0.1, 0.15) is 16.9 Å². The summed E-state index contributed by atoms with van der Waals surface area (Å²) in [6.45, 7) is 5.97. The first-order chi connectivity index (χ1) is 11.7. The monoisotopic (exact) mass is 364 g/mol. The maximum Gasteiger partial charge on any atom is 0.270 e. The maximum absolute atomic E-state index is 12.2. The highest BCUT2D eigenvalue weighted by Gasteiger charge is 2.12. The van der Waals surface area contributed by atoms with Crippen LogP contribution < -0.4 is 10.6 Å². The predicted octanol–water partition coefficient (Wildman–Crippen LogP) is 2.49. The molecule has 0 bridgehead atoms. The average Bonchev–Trinajstić information content (AvgIpc) is 3.10. The molecule has 1 aromatic carbocycles. The highest BCUT2D eigenvalue weighted by atomic mass is 35.5. The van der Waals surface area contributed by atoms with Crippen LogP contribution in [0, 0.1) is 0 Å². The largest absolute Gasteiger partial charge is 0.351 e. The van der Waals surface area contributed by atoms with Gasteiger partial charge in [-0.15, -0.1) is 11.3 Å². The summed E-state index contributed by atoms with van der Waals surface area (Å²) >= 11 is 7.46. The predicted molar refractivity (Wildman–Crippen MR) is 98.8 cm³/mol. The van der Waals surface area contributed by atoms with Gasteiger partial charge in [0.2, 0.25) is 0 Å². The maximum atomic E-state index is 12.2. The molecule has 0 radical (unpaired) electrons. The number of carbonyl (C=O) groups is 1. The molecule has 1 aliphatic rings. The molecule has 0 unspecified atom stereocenters. The zero-order chi connectivity index (χ0) is 16.8. The summed E-state index contributed by atoms with van der Waals surface area (Å²) in [5.74, 6) is -0.111. The molecule has 0 saturated carbocycles. The molecule has 24 heavy (non-hydrogen) atoms. The van der Waals surface area contributed by atoms with Crippen molar-refractivity contribution in [3.05, 3.63) is 40.4 Å². The molecule has 7 heteroatoms. The van der Waals surface area contributed by atoms with E-state index in [1.54, 1.807) is 5.38 Å². The van der Waals surface area contributed by atoms with Gasteiger partial charge in [0.15, 0.2) is 0 Å². The van der Waals surface area contributed by atoms with Crippen LogP contribution in [0.5, 0.6) is 0 Å². The molecule has 2 aromatic rings. The van der Waals surface area contributed by atoms with E-state index < -0.39 is 0 Å². The zero-order valence-electron chi connectivity index (χ0n) is 13.4. The Kier molecular flexibility index (Phi) is 6.20. The number of hydrogen-bond acceptors (Lipinski definition) is 5. The van der Waals surface area contributed by atoms with E-state index >= 15 is 0 Å². The van der Waals surface area contributed by atoms with E-state index in [0.717, 1.165) is 49.7 Å². The van der Waals surface area contributed by atoms with Gasteiger partial charge in [-0.3, -0.25) is 4.79 Å². The van der Waals surface area contributed by atoms with E-state index in [4.69, 9.17) is 11.6 Å². The smallest absolute Gasteiger partial charge is 0.270 e. The van der Waals surface area contributed by atoms with Crippen molar-refractivity contribution in [3.63, 3.8) is 0 Å². The number of benzene rings is 1. The Bertz CT molecular complexity index is 685. The van der Waals surface area contributed by atoms with Crippen molar-refractivity contribution in [2.75, 3.05) is 39.3 Å². The van der Waals surface area contributed by atoms with Gasteiger partial charge in [0.1, 0.15) is 10.7 Å². The van der Waals surface area contributed by atoms with Gasteiger partial charge < -0.3 is 15.5 Å². The SMILES string of the molecule is O=C(NCCCN1CCNCC1)c1csc(-c2cccc(Cl)c2)n1. The lowest BCUT2D eigenvalue weighted by molar-refractivity contribution is 0.0947. The number of hydrogen-bond donors (Lipinski definition) is 2. The van der Waals surface area contributed by atoms with Crippen molar-refractivity contribution in [1.29, 1.82) is 0 Å². The summed E-state index contributed by atoms with van der Waals surface area (Å²) in [6, 6.07) is 7.51. The normalized spacial score (nSPS) is 15.4. The third kappa shape index (κ3) is 4.77. The number of nitrogens with zero attached hydrogens (tertiary/aromatic N) is 2. The highest BCUT2D eigenvalue weighted by molar-refractivity contribution is 7.13. The van der Waals surface area contributed by atoms with Crippen LogP contribution in [0.2, 0.25) is 5.02 Å². The molecule has 2 N–H and O–H groups in total. The summed E-state index contributed by atoms with van der Waals surface area (Å²) in [4.78, 5) is 19.0. The quantitative estimate of drug-likeness (QED) is 0.773. The van der Waals surface area contributed by atoms with Gasteiger partial charge in [-0.25, -0.2) is 4.98 Å². The number of rotatable bonds is 6. The molecule has 1 aromatic heterocycles. The molecule has 5 nitrogen and oxygen atoms in total. The number of halogens is 1. The van der Waals surface area contributed by atoms with Crippen molar-refractivity contribution in [2.45, 2.75) is 6.42 Å². The standard InChI is InChI=1S/C17H21ClN4OS/c18-14-4-1-3-13(11-14)17-21-15(12-24-17)16(23)20-5-2-8-22-9-6-19-7-10-22/h1,3-4,11-12,19H,2,5-10H2,(H,20,23). The number of aromatic nitrogens is 1. The minimum atomic E-state index is -0.111. The van der Waals surface area contributed by atoms with Gasteiger partial charge in [0.05, 0.1) is 0 Å². The number of nitrogens with one attached hydrogen (secondary N) is 2. The minimum absolute atomic E-state index is 0.111. The first kappa shape index (κ1) is 17.4. The number of carbonyl (C=O) groups excluding carboxylic acids is 1.